The molecule has 112 valence electrons. The van der Waals surface area contributed by atoms with Gasteiger partial charge in [0.25, 0.3) is 5.91 Å². The first-order valence-corrected chi connectivity index (χ1v) is 6.43. The quantitative estimate of drug-likeness (QED) is 0.842. The van der Waals surface area contributed by atoms with Crippen LogP contribution in [0.25, 0.3) is 0 Å². The SMILES string of the molecule is CC(C)CN1CCN(C(=O)C(C)(N)C(F)(F)F)CC1. The molecule has 1 unspecified atom stereocenters. The summed E-state index contributed by atoms with van der Waals surface area (Å²) in [7, 11) is 0. The van der Waals surface area contributed by atoms with E-state index in [1.165, 1.54) is 4.90 Å². The third-order valence-corrected chi connectivity index (χ3v) is 3.32. The fourth-order valence-electron chi connectivity index (χ4n) is 2.10. The first-order valence-electron chi connectivity index (χ1n) is 6.43. The summed E-state index contributed by atoms with van der Waals surface area (Å²) in [5.41, 5.74) is 2.36. The van der Waals surface area contributed by atoms with E-state index in [9.17, 15) is 18.0 Å². The molecule has 19 heavy (non-hydrogen) atoms. The van der Waals surface area contributed by atoms with Crippen LogP contribution in [0.15, 0.2) is 0 Å². The summed E-state index contributed by atoms with van der Waals surface area (Å²) in [6, 6.07) is 0. The van der Waals surface area contributed by atoms with E-state index in [4.69, 9.17) is 5.73 Å². The highest BCUT2D eigenvalue weighted by atomic mass is 19.4. The van der Waals surface area contributed by atoms with E-state index in [1.807, 2.05) is 0 Å². The van der Waals surface area contributed by atoms with E-state index in [0.717, 1.165) is 13.5 Å². The van der Waals surface area contributed by atoms with Crippen LogP contribution in [0.3, 0.4) is 0 Å². The summed E-state index contributed by atoms with van der Waals surface area (Å²) in [5, 5.41) is 0. The van der Waals surface area contributed by atoms with Gasteiger partial charge in [0.1, 0.15) is 0 Å². The van der Waals surface area contributed by atoms with Crippen LogP contribution in [-0.4, -0.2) is 60.1 Å². The maximum absolute atomic E-state index is 12.7. The third-order valence-electron chi connectivity index (χ3n) is 3.32. The smallest absolute Gasteiger partial charge is 0.338 e. The zero-order chi connectivity index (χ0) is 14.8. The molecule has 0 spiro atoms. The Bertz CT molecular complexity index is 321. The molecule has 7 heteroatoms. The van der Waals surface area contributed by atoms with Crippen molar-refractivity contribution in [1.82, 2.24) is 9.80 Å². The molecule has 1 amide bonds. The van der Waals surface area contributed by atoms with Crippen LogP contribution >= 0.6 is 0 Å². The molecule has 1 aliphatic rings. The molecule has 1 rings (SSSR count). The molecule has 0 saturated carbocycles. The first-order chi connectivity index (χ1) is 8.55. The zero-order valence-corrected chi connectivity index (χ0v) is 11.6. The van der Waals surface area contributed by atoms with Crippen molar-refractivity contribution in [2.45, 2.75) is 32.5 Å². The van der Waals surface area contributed by atoms with Crippen molar-refractivity contribution in [1.29, 1.82) is 0 Å². The summed E-state index contributed by atoms with van der Waals surface area (Å²) in [6.45, 7) is 7.58. The predicted octanol–water partition coefficient (Wildman–Crippen LogP) is 1.07. The lowest BCUT2D eigenvalue weighted by molar-refractivity contribution is -0.194. The van der Waals surface area contributed by atoms with E-state index in [1.54, 1.807) is 0 Å². The predicted molar refractivity (Wildman–Crippen MR) is 66.5 cm³/mol. The molecule has 0 aromatic rings. The number of hydrogen-bond donors (Lipinski definition) is 1. The normalized spacial score (nSPS) is 21.6. The van der Waals surface area contributed by atoms with Crippen molar-refractivity contribution in [2.24, 2.45) is 11.7 Å². The molecule has 1 heterocycles. The number of hydrogen-bond acceptors (Lipinski definition) is 3. The Morgan fingerprint density at radius 2 is 1.68 bits per heavy atom. The minimum absolute atomic E-state index is 0.300. The molecule has 0 aliphatic carbocycles. The topological polar surface area (TPSA) is 49.6 Å². The summed E-state index contributed by atoms with van der Waals surface area (Å²) in [4.78, 5) is 15.2. The molecule has 0 radical (unpaired) electrons. The highest BCUT2D eigenvalue weighted by Crippen LogP contribution is 2.29. The van der Waals surface area contributed by atoms with Crippen molar-refractivity contribution >= 4 is 5.91 Å². The van der Waals surface area contributed by atoms with Crippen LogP contribution in [0.2, 0.25) is 0 Å². The molecule has 0 aromatic heterocycles. The number of carbonyl (C=O) groups is 1. The largest absolute Gasteiger partial charge is 0.415 e. The Labute approximate surface area is 111 Å². The molecule has 1 aliphatic heterocycles. The van der Waals surface area contributed by atoms with Gasteiger partial charge >= 0.3 is 6.18 Å². The highest BCUT2D eigenvalue weighted by molar-refractivity contribution is 5.86. The number of rotatable bonds is 3. The fraction of sp³-hybridized carbons (Fsp3) is 0.917. The molecule has 2 N–H and O–H groups in total. The number of nitrogens with two attached hydrogens (primary N) is 1. The first kappa shape index (κ1) is 16.2. The molecule has 4 nitrogen and oxygen atoms in total. The molecule has 1 fully saturated rings. The summed E-state index contributed by atoms with van der Waals surface area (Å²) < 4.78 is 38.1. The van der Waals surface area contributed by atoms with Gasteiger partial charge in [-0.1, -0.05) is 13.8 Å². The van der Waals surface area contributed by atoms with Gasteiger partial charge in [0.15, 0.2) is 5.54 Å². The average molecular weight is 281 g/mol. The van der Waals surface area contributed by atoms with Crippen LogP contribution in [0.4, 0.5) is 13.2 Å². The van der Waals surface area contributed by atoms with E-state index in [-0.39, 0.29) is 0 Å². The van der Waals surface area contributed by atoms with Crippen molar-refractivity contribution in [2.75, 3.05) is 32.7 Å². The molecule has 1 saturated heterocycles. The van der Waals surface area contributed by atoms with Gasteiger partial charge < -0.3 is 10.6 Å². The van der Waals surface area contributed by atoms with Gasteiger partial charge in [0, 0.05) is 32.7 Å². The van der Waals surface area contributed by atoms with Crippen LogP contribution in [0, 0.1) is 5.92 Å². The summed E-state index contributed by atoms with van der Waals surface area (Å²) in [5.74, 6) is -0.540. The van der Waals surface area contributed by atoms with Gasteiger partial charge in [0.05, 0.1) is 0 Å². The lowest BCUT2D eigenvalue weighted by atomic mass is 10.0. The number of nitrogens with zero attached hydrogens (tertiary/aromatic N) is 2. The van der Waals surface area contributed by atoms with Crippen molar-refractivity contribution in [3.63, 3.8) is 0 Å². The van der Waals surface area contributed by atoms with Crippen LogP contribution in [0.1, 0.15) is 20.8 Å². The monoisotopic (exact) mass is 281 g/mol. The number of carbonyl (C=O) groups excluding carboxylic acids is 1. The lowest BCUT2D eigenvalue weighted by Gasteiger charge is -2.39. The van der Waals surface area contributed by atoms with Crippen LogP contribution in [-0.2, 0) is 4.79 Å². The fourth-order valence-corrected chi connectivity index (χ4v) is 2.10. The lowest BCUT2D eigenvalue weighted by Crippen LogP contribution is -2.64. The average Bonchev–Trinajstić information content (AvgIpc) is 2.26. The maximum atomic E-state index is 12.7. The maximum Gasteiger partial charge on any atom is 0.415 e. The second-order valence-electron chi connectivity index (χ2n) is 5.69. The molecule has 0 bridgehead atoms. The minimum Gasteiger partial charge on any atom is -0.338 e. The molecule has 0 aromatic carbocycles. The molecular weight excluding hydrogens is 259 g/mol. The van der Waals surface area contributed by atoms with Crippen LogP contribution in [0.5, 0.6) is 0 Å². The summed E-state index contributed by atoms with van der Waals surface area (Å²) in [6.07, 6.45) is -4.72. The second kappa shape index (κ2) is 5.66. The van der Waals surface area contributed by atoms with Gasteiger partial charge in [-0.3, -0.25) is 9.69 Å². The van der Waals surface area contributed by atoms with E-state index in [2.05, 4.69) is 18.7 Å². The Morgan fingerprint density at radius 1 is 1.21 bits per heavy atom. The van der Waals surface area contributed by atoms with Gasteiger partial charge in [-0.2, -0.15) is 13.2 Å². The van der Waals surface area contributed by atoms with E-state index < -0.39 is 17.6 Å². The molecular formula is C12H22F3N3O. The number of alkyl halides is 3. The number of piperazine rings is 1. The van der Waals surface area contributed by atoms with Crippen molar-refractivity contribution in [3.8, 4) is 0 Å². The number of amides is 1. The zero-order valence-electron chi connectivity index (χ0n) is 11.6. The minimum atomic E-state index is -4.72. The Kier molecular flexibility index (Phi) is 4.84. The third kappa shape index (κ3) is 3.82. The van der Waals surface area contributed by atoms with E-state index in [0.29, 0.717) is 32.1 Å². The highest BCUT2D eigenvalue weighted by Gasteiger charge is 2.55. The Balaban J connectivity index is 2.59. The van der Waals surface area contributed by atoms with Gasteiger partial charge in [0.2, 0.25) is 0 Å². The van der Waals surface area contributed by atoms with E-state index >= 15 is 0 Å². The standard InChI is InChI=1S/C12H22F3N3O/c1-9(2)8-17-4-6-18(7-5-17)10(19)11(3,16)12(13,14)15/h9H,4-8,16H2,1-3H3. The Morgan fingerprint density at radius 3 is 2.05 bits per heavy atom. The Hall–Kier alpha value is -0.820. The number of halogens is 3. The van der Waals surface area contributed by atoms with Gasteiger partial charge in [-0.15, -0.1) is 0 Å². The second-order valence-corrected chi connectivity index (χ2v) is 5.69. The molecule has 1 atom stereocenters. The summed E-state index contributed by atoms with van der Waals surface area (Å²) >= 11 is 0. The van der Waals surface area contributed by atoms with Crippen molar-refractivity contribution < 1.29 is 18.0 Å². The van der Waals surface area contributed by atoms with Crippen molar-refractivity contribution in [3.05, 3.63) is 0 Å². The van der Waals surface area contributed by atoms with Crippen LogP contribution < -0.4 is 5.73 Å². The van der Waals surface area contributed by atoms with Gasteiger partial charge in [-0.25, -0.2) is 0 Å². The van der Waals surface area contributed by atoms with Gasteiger partial charge in [-0.05, 0) is 12.8 Å².